The Morgan fingerprint density at radius 2 is 2.03 bits per heavy atom. The van der Waals surface area contributed by atoms with Gasteiger partial charge in [-0.15, -0.1) is 11.3 Å². The van der Waals surface area contributed by atoms with Gasteiger partial charge in [-0.25, -0.2) is 9.37 Å². The van der Waals surface area contributed by atoms with Crippen LogP contribution in [0.15, 0.2) is 48.5 Å². The van der Waals surface area contributed by atoms with E-state index in [0.29, 0.717) is 24.7 Å². The number of benzene rings is 2. The summed E-state index contributed by atoms with van der Waals surface area (Å²) < 4.78 is 20.3. The molecular weight excluding hydrogens is 387 g/mol. The molecule has 2 heterocycles. The molecule has 4 rings (SSSR count). The minimum Gasteiger partial charge on any atom is -0.491 e. The van der Waals surface area contributed by atoms with Crippen molar-refractivity contribution in [2.75, 3.05) is 19.7 Å². The Hall–Kier alpha value is -2.47. The Morgan fingerprint density at radius 3 is 2.90 bits per heavy atom. The fraction of sp³-hybridized carbons (Fsp3) is 0.391. The number of hydrogen-bond donors (Lipinski definition) is 0. The minimum absolute atomic E-state index is 0.226. The molecule has 1 aromatic heterocycles. The molecule has 1 saturated heterocycles. The normalized spacial score (nSPS) is 16.4. The number of para-hydroxylation sites is 2. The Morgan fingerprint density at radius 1 is 1.21 bits per heavy atom. The molecule has 29 heavy (non-hydrogen) atoms. The standard InChI is InChI=1S/C23H25FN2O2S/c24-18-6-1-3-8-20(18)28-15-13-17-12-14-26(16-17)23(27)11-5-10-22-25-19-7-2-4-9-21(19)29-22/h1-4,6-9,17H,5,10-16H2. The maximum Gasteiger partial charge on any atom is 0.222 e. The lowest BCUT2D eigenvalue weighted by atomic mass is 10.1. The van der Waals surface area contributed by atoms with Crippen LogP contribution in [-0.4, -0.2) is 35.5 Å². The topological polar surface area (TPSA) is 42.4 Å². The van der Waals surface area contributed by atoms with Crippen molar-refractivity contribution in [2.24, 2.45) is 5.92 Å². The number of fused-ring (bicyclic) bond motifs is 1. The number of ether oxygens (including phenoxy) is 1. The molecular formula is C23H25FN2O2S. The van der Waals surface area contributed by atoms with Crippen LogP contribution in [0.5, 0.6) is 5.75 Å². The fourth-order valence-corrected chi connectivity index (χ4v) is 4.78. The summed E-state index contributed by atoms with van der Waals surface area (Å²) in [6.45, 7) is 2.07. The van der Waals surface area contributed by atoms with Gasteiger partial charge >= 0.3 is 0 Å². The molecule has 1 fully saturated rings. The fourth-order valence-electron chi connectivity index (χ4n) is 3.77. The van der Waals surface area contributed by atoms with Gasteiger partial charge in [-0.05, 0) is 55.9 Å². The monoisotopic (exact) mass is 412 g/mol. The molecule has 0 aliphatic carbocycles. The van der Waals surface area contributed by atoms with Crippen LogP contribution >= 0.6 is 11.3 Å². The number of amides is 1. The predicted octanol–water partition coefficient (Wildman–Crippen LogP) is 5.08. The molecule has 1 unspecified atom stereocenters. The van der Waals surface area contributed by atoms with Gasteiger partial charge in [0, 0.05) is 19.5 Å². The number of hydrogen-bond acceptors (Lipinski definition) is 4. The third-order valence-electron chi connectivity index (χ3n) is 5.38. The van der Waals surface area contributed by atoms with Gasteiger partial charge in [-0.2, -0.15) is 0 Å². The average Bonchev–Trinajstić information content (AvgIpc) is 3.36. The quantitative estimate of drug-likeness (QED) is 0.518. The zero-order chi connectivity index (χ0) is 20.1. The van der Waals surface area contributed by atoms with Gasteiger partial charge in [-0.3, -0.25) is 4.79 Å². The van der Waals surface area contributed by atoms with Crippen molar-refractivity contribution in [2.45, 2.75) is 32.1 Å². The van der Waals surface area contributed by atoms with Crippen molar-refractivity contribution in [3.8, 4) is 5.75 Å². The van der Waals surface area contributed by atoms with Crippen LogP contribution in [0.3, 0.4) is 0 Å². The van der Waals surface area contributed by atoms with Crippen molar-refractivity contribution in [3.05, 3.63) is 59.4 Å². The Kier molecular flexibility index (Phi) is 6.39. The van der Waals surface area contributed by atoms with Gasteiger partial charge in [0.15, 0.2) is 11.6 Å². The largest absolute Gasteiger partial charge is 0.491 e. The van der Waals surface area contributed by atoms with E-state index in [1.807, 2.05) is 23.1 Å². The number of rotatable bonds is 8. The second-order valence-corrected chi connectivity index (χ2v) is 8.61. The number of aryl methyl sites for hydroxylation is 1. The lowest BCUT2D eigenvalue weighted by molar-refractivity contribution is -0.130. The van der Waals surface area contributed by atoms with Gasteiger partial charge in [0.1, 0.15) is 0 Å². The summed E-state index contributed by atoms with van der Waals surface area (Å²) in [5, 5.41) is 1.10. The SMILES string of the molecule is O=C(CCCc1nc2ccccc2s1)N1CCC(CCOc2ccccc2F)C1. The van der Waals surface area contributed by atoms with Crippen molar-refractivity contribution in [1.82, 2.24) is 9.88 Å². The van der Waals surface area contributed by atoms with E-state index in [-0.39, 0.29) is 11.7 Å². The number of likely N-dealkylation sites (tertiary alicyclic amines) is 1. The molecule has 1 aliphatic heterocycles. The van der Waals surface area contributed by atoms with Crippen LogP contribution in [0.25, 0.3) is 10.2 Å². The molecule has 1 atom stereocenters. The molecule has 0 spiro atoms. The van der Waals surface area contributed by atoms with E-state index >= 15 is 0 Å². The second-order valence-electron chi connectivity index (χ2n) is 7.49. The lowest BCUT2D eigenvalue weighted by Gasteiger charge is -2.16. The summed E-state index contributed by atoms with van der Waals surface area (Å²) in [4.78, 5) is 19.1. The number of thiazole rings is 1. The smallest absolute Gasteiger partial charge is 0.222 e. The van der Waals surface area contributed by atoms with Crippen LogP contribution in [0.1, 0.15) is 30.7 Å². The van der Waals surface area contributed by atoms with Gasteiger partial charge in [0.05, 0.1) is 21.8 Å². The Labute approximate surface area is 174 Å². The summed E-state index contributed by atoms with van der Waals surface area (Å²) >= 11 is 1.71. The first-order chi connectivity index (χ1) is 14.2. The highest BCUT2D eigenvalue weighted by Crippen LogP contribution is 2.24. The van der Waals surface area contributed by atoms with Gasteiger partial charge in [-0.1, -0.05) is 24.3 Å². The molecule has 1 aliphatic rings. The summed E-state index contributed by atoms with van der Waals surface area (Å²) in [6, 6.07) is 14.6. The molecule has 1 amide bonds. The third kappa shape index (κ3) is 5.12. The molecule has 2 aromatic carbocycles. The van der Waals surface area contributed by atoms with Crippen molar-refractivity contribution in [1.29, 1.82) is 0 Å². The van der Waals surface area contributed by atoms with Crippen LogP contribution < -0.4 is 4.74 Å². The molecule has 0 radical (unpaired) electrons. The zero-order valence-corrected chi connectivity index (χ0v) is 17.2. The Balaban J connectivity index is 1.17. The predicted molar refractivity (Wildman–Crippen MR) is 114 cm³/mol. The van der Waals surface area contributed by atoms with E-state index in [0.717, 1.165) is 49.3 Å². The van der Waals surface area contributed by atoms with E-state index in [2.05, 4.69) is 11.1 Å². The highest BCUT2D eigenvalue weighted by Gasteiger charge is 2.25. The van der Waals surface area contributed by atoms with E-state index < -0.39 is 0 Å². The highest BCUT2D eigenvalue weighted by molar-refractivity contribution is 7.18. The number of nitrogens with zero attached hydrogens (tertiary/aromatic N) is 2. The molecule has 4 nitrogen and oxygen atoms in total. The van der Waals surface area contributed by atoms with Gasteiger partial charge in [0.2, 0.25) is 5.91 Å². The lowest BCUT2D eigenvalue weighted by Crippen LogP contribution is -2.28. The second kappa shape index (κ2) is 9.35. The number of halogens is 1. The Bertz CT molecular complexity index is 941. The van der Waals surface area contributed by atoms with E-state index in [9.17, 15) is 9.18 Å². The van der Waals surface area contributed by atoms with E-state index in [1.165, 1.54) is 10.8 Å². The van der Waals surface area contributed by atoms with Gasteiger partial charge < -0.3 is 9.64 Å². The molecule has 0 saturated carbocycles. The number of carbonyl (C=O) groups excluding carboxylic acids is 1. The molecule has 0 N–H and O–H groups in total. The summed E-state index contributed by atoms with van der Waals surface area (Å²) in [7, 11) is 0. The van der Waals surface area contributed by atoms with Crippen molar-refractivity contribution < 1.29 is 13.9 Å². The maximum atomic E-state index is 13.6. The molecule has 6 heteroatoms. The van der Waals surface area contributed by atoms with Crippen LogP contribution in [0.4, 0.5) is 4.39 Å². The first-order valence-electron chi connectivity index (χ1n) is 10.2. The van der Waals surface area contributed by atoms with Gasteiger partial charge in [0.25, 0.3) is 0 Å². The van der Waals surface area contributed by atoms with E-state index in [4.69, 9.17) is 4.74 Å². The summed E-state index contributed by atoms with van der Waals surface area (Å²) in [5.74, 6) is 0.621. The van der Waals surface area contributed by atoms with E-state index in [1.54, 1.807) is 29.5 Å². The number of carbonyl (C=O) groups is 1. The van der Waals surface area contributed by atoms with Crippen LogP contribution in [-0.2, 0) is 11.2 Å². The van der Waals surface area contributed by atoms with Crippen molar-refractivity contribution in [3.63, 3.8) is 0 Å². The average molecular weight is 413 g/mol. The highest BCUT2D eigenvalue weighted by atomic mass is 32.1. The third-order valence-corrected chi connectivity index (χ3v) is 6.47. The first kappa shape index (κ1) is 19.8. The van der Waals surface area contributed by atoms with Crippen LogP contribution in [0.2, 0.25) is 0 Å². The molecule has 152 valence electrons. The maximum absolute atomic E-state index is 13.6. The zero-order valence-electron chi connectivity index (χ0n) is 16.4. The molecule has 3 aromatic rings. The minimum atomic E-state index is -0.330. The first-order valence-corrected chi connectivity index (χ1v) is 11.0. The summed E-state index contributed by atoms with van der Waals surface area (Å²) in [5.41, 5.74) is 1.04. The van der Waals surface area contributed by atoms with Crippen molar-refractivity contribution >= 4 is 27.5 Å². The number of aromatic nitrogens is 1. The molecule has 0 bridgehead atoms. The van der Waals surface area contributed by atoms with Crippen LogP contribution in [0, 0.1) is 11.7 Å². The summed E-state index contributed by atoms with van der Waals surface area (Å²) in [6.07, 6.45) is 4.07.